The summed E-state index contributed by atoms with van der Waals surface area (Å²) < 4.78 is 13.7. The van der Waals surface area contributed by atoms with Crippen LogP contribution in [-0.4, -0.2) is 10.9 Å². The van der Waals surface area contributed by atoms with Crippen LogP contribution in [-0.2, 0) is 6.54 Å². The molecule has 0 unspecified atom stereocenters. The third-order valence-corrected chi connectivity index (χ3v) is 4.36. The monoisotopic (exact) mass is 363 g/mol. The van der Waals surface area contributed by atoms with Crippen LogP contribution in [0, 0.1) is 26.6 Å². The molecule has 3 aromatic rings. The number of hydrogen-bond donors (Lipinski definition) is 2. The first kappa shape index (κ1) is 18.6. The molecule has 1 heterocycles. The van der Waals surface area contributed by atoms with Gasteiger partial charge in [0.05, 0.1) is 11.3 Å². The minimum atomic E-state index is -0.267. The van der Waals surface area contributed by atoms with Gasteiger partial charge < -0.3 is 10.6 Å². The molecule has 2 N–H and O–H groups in total. The van der Waals surface area contributed by atoms with Crippen LogP contribution in [0.5, 0.6) is 0 Å². The standard InChI is InChI=1S/C22H22FN3O/c1-14-8-15(2)21(16(3)9-14)26-22(27)18-10-19(13-24-11-18)25-12-17-6-4-5-7-20(17)23/h4-11,13,25H,12H2,1-3H3,(H,26,27). The molecule has 0 radical (unpaired) electrons. The summed E-state index contributed by atoms with van der Waals surface area (Å²) in [6.45, 7) is 6.29. The summed E-state index contributed by atoms with van der Waals surface area (Å²) in [5, 5.41) is 6.07. The van der Waals surface area contributed by atoms with Crippen LogP contribution in [0.15, 0.2) is 54.9 Å². The van der Waals surface area contributed by atoms with Gasteiger partial charge in [0.1, 0.15) is 5.82 Å². The van der Waals surface area contributed by atoms with Crippen LogP contribution in [0.1, 0.15) is 32.6 Å². The van der Waals surface area contributed by atoms with Crippen molar-refractivity contribution in [3.05, 3.63) is 88.5 Å². The molecule has 1 aromatic heterocycles. The number of amides is 1. The Kier molecular flexibility index (Phi) is 5.50. The number of pyridine rings is 1. The number of aryl methyl sites for hydroxylation is 3. The molecule has 1 amide bonds. The fourth-order valence-corrected chi connectivity index (χ4v) is 3.06. The largest absolute Gasteiger partial charge is 0.380 e. The topological polar surface area (TPSA) is 54.0 Å². The third-order valence-electron chi connectivity index (χ3n) is 4.36. The van der Waals surface area contributed by atoms with Crippen LogP contribution < -0.4 is 10.6 Å². The van der Waals surface area contributed by atoms with Crippen LogP contribution in [0.2, 0.25) is 0 Å². The van der Waals surface area contributed by atoms with E-state index in [-0.39, 0.29) is 11.7 Å². The summed E-state index contributed by atoms with van der Waals surface area (Å²) in [4.78, 5) is 16.8. The molecular weight excluding hydrogens is 341 g/mol. The molecule has 2 aromatic carbocycles. The van der Waals surface area contributed by atoms with Gasteiger partial charge in [0.15, 0.2) is 0 Å². The second-order valence-corrected chi connectivity index (χ2v) is 6.64. The zero-order valence-corrected chi connectivity index (χ0v) is 15.6. The van der Waals surface area contributed by atoms with Crippen molar-refractivity contribution in [3.63, 3.8) is 0 Å². The number of carbonyl (C=O) groups excluding carboxylic acids is 1. The maximum Gasteiger partial charge on any atom is 0.257 e. The van der Waals surface area contributed by atoms with Crippen LogP contribution in [0.25, 0.3) is 0 Å². The summed E-state index contributed by atoms with van der Waals surface area (Å²) in [5.74, 6) is -0.496. The van der Waals surface area contributed by atoms with E-state index >= 15 is 0 Å². The average Bonchev–Trinajstić information content (AvgIpc) is 2.64. The van der Waals surface area contributed by atoms with Gasteiger partial charge in [0.2, 0.25) is 0 Å². The number of anilines is 2. The maximum absolute atomic E-state index is 13.7. The molecule has 0 spiro atoms. The maximum atomic E-state index is 13.7. The number of halogens is 1. The lowest BCUT2D eigenvalue weighted by molar-refractivity contribution is 0.102. The van der Waals surface area contributed by atoms with E-state index in [9.17, 15) is 9.18 Å². The molecule has 3 rings (SSSR count). The summed E-state index contributed by atoms with van der Waals surface area (Å²) in [7, 11) is 0. The Morgan fingerprint density at radius 2 is 1.74 bits per heavy atom. The van der Waals surface area contributed by atoms with Crippen molar-refractivity contribution >= 4 is 17.3 Å². The van der Waals surface area contributed by atoms with Crippen LogP contribution in [0.3, 0.4) is 0 Å². The van der Waals surface area contributed by atoms with Crippen molar-refractivity contribution in [2.45, 2.75) is 27.3 Å². The highest BCUT2D eigenvalue weighted by molar-refractivity contribution is 6.05. The predicted octanol–water partition coefficient (Wildman–Crippen LogP) is 5.01. The van der Waals surface area contributed by atoms with E-state index in [1.807, 2.05) is 32.9 Å². The van der Waals surface area contributed by atoms with E-state index in [2.05, 4.69) is 15.6 Å². The lowest BCUT2D eigenvalue weighted by Gasteiger charge is -2.13. The van der Waals surface area contributed by atoms with E-state index in [4.69, 9.17) is 0 Å². The van der Waals surface area contributed by atoms with Crippen molar-refractivity contribution in [1.29, 1.82) is 0 Å². The lowest BCUT2D eigenvalue weighted by Crippen LogP contribution is -2.14. The highest BCUT2D eigenvalue weighted by Gasteiger charge is 2.11. The molecule has 27 heavy (non-hydrogen) atoms. The fraction of sp³-hybridized carbons (Fsp3) is 0.182. The summed E-state index contributed by atoms with van der Waals surface area (Å²) in [6, 6.07) is 12.4. The number of hydrogen-bond acceptors (Lipinski definition) is 3. The zero-order chi connectivity index (χ0) is 19.4. The van der Waals surface area contributed by atoms with Crippen molar-refractivity contribution in [1.82, 2.24) is 4.98 Å². The van der Waals surface area contributed by atoms with Gasteiger partial charge in [-0.1, -0.05) is 35.9 Å². The summed E-state index contributed by atoms with van der Waals surface area (Å²) in [5.41, 5.74) is 5.65. The van der Waals surface area contributed by atoms with E-state index in [1.54, 1.807) is 30.5 Å². The first-order chi connectivity index (χ1) is 12.9. The van der Waals surface area contributed by atoms with E-state index in [1.165, 1.54) is 12.3 Å². The highest BCUT2D eigenvalue weighted by Crippen LogP contribution is 2.23. The van der Waals surface area contributed by atoms with Gasteiger partial charge in [-0.25, -0.2) is 4.39 Å². The summed E-state index contributed by atoms with van der Waals surface area (Å²) >= 11 is 0. The molecule has 0 aliphatic carbocycles. The van der Waals surface area contributed by atoms with Gasteiger partial charge in [-0.15, -0.1) is 0 Å². The number of rotatable bonds is 5. The SMILES string of the molecule is Cc1cc(C)c(NC(=O)c2cncc(NCc3ccccc3F)c2)c(C)c1. The zero-order valence-electron chi connectivity index (χ0n) is 15.6. The molecule has 0 saturated heterocycles. The lowest BCUT2D eigenvalue weighted by atomic mass is 10.0. The molecule has 0 bridgehead atoms. The van der Waals surface area contributed by atoms with Crippen molar-refractivity contribution in [2.75, 3.05) is 10.6 Å². The van der Waals surface area contributed by atoms with Gasteiger partial charge in [0, 0.05) is 30.2 Å². The van der Waals surface area contributed by atoms with E-state index in [0.717, 1.165) is 22.4 Å². The molecule has 0 aliphatic heterocycles. The van der Waals surface area contributed by atoms with Crippen LogP contribution >= 0.6 is 0 Å². The fourth-order valence-electron chi connectivity index (χ4n) is 3.06. The minimum absolute atomic E-state index is 0.230. The van der Waals surface area contributed by atoms with E-state index in [0.29, 0.717) is 23.4 Å². The first-order valence-electron chi connectivity index (χ1n) is 8.75. The number of aromatic nitrogens is 1. The Balaban J connectivity index is 1.73. The predicted molar refractivity (Wildman–Crippen MR) is 107 cm³/mol. The normalized spacial score (nSPS) is 10.5. The van der Waals surface area contributed by atoms with Crippen molar-refractivity contribution in [3.8, 4) is 0 Å². The molecule has 0 fully saturated rings. The van der Waals surface area contributed by atoms with Gasteiger partial charge >= 0.3 is 0 Å². The minimum Gasteiger partial charge on any atom is -0.380 e. The molecule has 4 nitrogen and oxygen atoms in total. The smallest absolute Gasteiger partial charge is 0.257 e. The number of nitrogens with zero attached hydrogens (tertiary/aromatic N) is 1. The van der Waals surface area contributed by atoms with Crippen molar-refractivity contribution < 1.29 is 9.18 Å². The van der Waals surface area contributed by atoms with Crippen molar-refractivity contribution in [2.24, 2.45) is 0 Å². The number of nitrogens with one attached hydrogen (secondary N) is 2. The molecule has 0 aliphatic rings. The Morgan fingerprint density at radius 3 is 2.44 bits per heavy atom. The van der Waals surface area contributed by atoms with Gasteiger partial charge in [-0.05, 0) is 44.0 Å². The first-order valence-corrected chi connectivity index (χ1v) is 8.75. The number of benzene rings is 2. The third kappa shape index (κ3) is 4.50. The van der Waals surface area contributed by atoms with Gasteiger partial charge in [-0.2, -0.15) is 0 Å². The van der Waals surface area contributed by atoms with E-state index < -0.39 is 0 Å². The molecule has 0 saturated carbocycles. The Bertz CT molecular complexity index is 962. The molecule has 138 valence electrons. The second-order valence-electron chi connectivity index (χ2n) is 6.64. The van der Waals surface area contributed by atoms with Crippen LogP contribution in [0.4, 0.5) is 15.8 Å². The molecule has 0 atom stereocenters. The highest BCUT2D eigenvalue weighted by atomic mass is 19.1. The van der Waals surface area contributed by atoms with Gasteiger partial charge in [-0.3, -0.25) is 9.78 Å². The van der Waals surface area contributed by atoms with Gasteiger partial charge in [0.25, 0.3) is 5.91 Å². The number of carbonyl (C=O) groups is 1. The Morgan fingerprint density at radius 1 is 1.04 bits per heavy atom. The quantitative estimate of drug-likeness (QED) is 0.670. The second kappa shape index (κ2) is 7.99. The average molecular weight is 363 g/mol. The molecular formula is C22H22FN3O. The Labute approximate surface area is 158 Å². The Hall–Kier alpha value is -3.21. The summed E-state index contributed by atoms with van der Waals surface area (Å²) in [6.07, 6.45) is 3.13. The molecule has 5 heteroatoms.